The molecule has 0 aromatic heterocycles. The maximum absolute atomic E-state index is 13.2. The van der Waals surface area contributed by atoms with Gasteiger partial charge in [0.1, 0.15) is 0 Å². The van der Waals surface area contributed by atoms with E-state index in [9.17, 15) is 4.79 Å². The molecule has 1 aliphatic rings. The molecule has 25 heavy (non-hydrogen) atoms. The van der Waals surface area contributed by atoms with Crippen LogP contribution in [0, 0.1) is 0 Å². The fraction of sp³-hybridized carbons (Fsp3) is 0.263. The molecule has 1 aliphatic heterocycles. The van der Waals surface area contributed by atoms with Crippen LogP contribution in [0.5, 0.6) is 0 Å². The highest BCUT2D eigenvalue weighted by Crippen LogP contribution is 2.36. The third-order valence-corrected chi connectivity index (χ3v) is 7.60. The van der Waals surface area contributed by atoms with Crippen molar-refractivity contribution in [1.82, 2.24) is 10.2 Å². The lowest BCUT2D eigenvalue weighted by atomic mass is 9.83. The van der Waals surface area contributed by atoms with E-state index < -0.39 is 13.6 Å². The minimum absolute atomic E-state index is 0.0589. The molecule has 0 bridgehead atoms. The van der Waals surface area contributed by atoms with Gasteiger partial charge >= 0.3 is 0 Å². The number of carbonyl (C=O) groups excluding carboxylic acids is 1. The molecule has 130 valence electrons. The average molecular weight is 433 g/mol. The van der Waals surface area contributed by atoms with Gasteiger partial charge in [-0.1, -0.05) is 77.2 Å². The molecule has 1 atom stereocenters. The van der Waals surface area contributed by atoms with E-state index in [-0.39, 0.29) is 5.91 Å². The van der Waals surface area contributed by atoms with Crippen molar-refractivity contribution in [2.24, 2.45) is 0 Å². The molecule has 3 rings (SSSR count). The van der Waals surface area contributed by atoms with Gasteiger partial charge in [-0.25, -0.2) is 0 Å². The Labute approximate surface area is 163 Å². The minimum Gasteiger partial charge on any atom is -0.341 e. The number of benzene rings is 2. The first kappa shape index (κ1) is 18.3. The molecule has 1 N–H and O–H groups in total. The molecule has 3 nitrogen and oxygen atoms in total. The van der Waals surface area contributed by atoms with Crippen molar-refractivity contribution in [2.45, 2.75) is 25.2 Å². The van der Waals surface area contributed by atoms with Gasteiger partial charge in [0.15, 0.2) is 10.7 Å². The Morgan fingerprint density at radius 2 is 1.72 bits per heavy atom. The van der Waals surface area contributed by atoms with Crippen LogP contribution in [0.1, 0.15) is 11.1 Å². The van der Waals surface area contributed by atoms with Gasteiger partial charge in [0.05, 0.1) is 8.07 Å². The average Bonchev–Trinajstić information content (AvgIpc) is 2.79. The summed E-state index contributed by atoms with van der Waals surface area (Å²) in [5.74, 6) is -0.0589. The Kier molecular flexibility index (Phi) is 4.64. The van der Waals surface area contributed by atoms with Crippen LogP contribution in [0.4, 0.5) is 0 Å². The number of hydrogen-bond donors (Lipinski definition) is 1. The van der Waals surface area contributed by atoms with Gasteiger partial charge in [-0.3, -0.25) is 9.69 Å². The van der Waals surface area contributed by atoms with Crippen LogP contribution in [0.3, 0.4) is 0 Å². The molecule has 0 saturated carbocycles. The number of hydrogen-bond acceptors (Lipinski definition) is 2. The quantitative estimate of drug-likeness (QED) is 0.593. The summed E-state index contributed by atoms with van der Waals surface area (Å²) in [6.07, 6.45) is 0. The van der Waals surface area contributed by atoms with Crippen molar-refractivity contribution in [3.8, 4) is 0 Å². The minimum atomic E-state index is -1.40. The van der Waals surface area contributed by atoms with Crippen molar-refractivity contribution in [3.63, 3.8) is 0 Å². The molecule has 1 heterocycles. The highest BCUT2D eigenvalue weighted by atomic mass is 79.9. The summed E-state index contributed by atoms with van der Waals surface area (Å²) < 4.78 is 0.929. The second kappa shape index (κ2) is 6.34. The first-order chi connectivity index (χ1) is 11.7. The van der Waals surface area contributed by atoms with Crippen LogP contribution in [0.25, 0.3) is 0 Å². The number of rotatable bonds is 3. The number of carbonyl (C=O) groups is 1. The van der Waals surface area contributed by atoms with Crippen LogP contribution < -0.4 is 10.5 Å². The summed E-state index contributed by atoms with van der Waals surface area (Å²) in [7, 11) is 0.315. The lowest BCUT2D eigenvalue weighted by Gasteiger charge is -2.29. The zero-order chi connectivity index (χ0) is 18.4. The van der Waals surface area contributed by atoms with Crippen molar-refractivity contribution >= 4 is 52.4 Å². The monoisotopic (exact) mass is 432 g/mol. The molecule has 2 aromatic carbocycles. The SMILES string of the molecule is CN1C(=O)C(c2ccc([Si](C)(C)C)cc2)(c2cccc(Br)c2)NC1=S. The zero-order valence-corrected chi connectivity index (χ0v) is 18.2. The largest absolute Gasteiger partial charge is 0.341 e. The van der Waals surface area contributed by atoms with E-state index in [1.165, 1.54) is 10.1 Å². The molecule has 1 saturated heterocycles. The standard InChI is InChI=1S/C19H21BrN2OSSi/c1-22-17(23)19(21-18(22)24,14-6-5-7-15(20)12-14)13-8-10-16(11-9-13)25(2,3)4/h5-12H,1-4H3,(H,21,24). The predicted octanol–water partition coefficient (Wildman–Crippen LogP) is 3.58. The molecule has 6 heteroatoms. The summed E-state index contributed by atoms with van der Waals surface area (Å²) >= 11 is 8.89. The Morgan fingerprint density at radius 1 is 1.08 bits per heavy atom. The van der Waals surface area contributed by atoms with Gasteiger partial charge in [-0.15, -0.1) is 0 Å². The van der Waals surface area contributed by atoms with Crippen LogP contribution in [-0.2, 0) is 10.3 Å². The molecule has 0 radical (unpaired) electrons. The maximum atomic E-state index is 13.2. The van der Waals surface area contributed by atoms with E-state index in [1.807, 2.05) is 24.3 Å². The van der Waals surface area contributed by atoms with Gasteiger partial charge < -0.3 is 5.32 Å². The van der Waals surface area contributed by atoms with Gasteiger partial charge in [0.25, 0.3) is 5.91 Å². The van der Waals surface area contributed by atoms with Crippen molar-refractivity contribution in [1.29, 1.82) is 0 Å². The maximum Gasteiger partial charge on any atom is 0.263 e. The first-order valence-electron chi connectivity index (χ1n) is 8.13. The van der Waals surface area contributed by atoms with Crippen LogP contribution in [0.2, 0.25) is 19.6 Å². The Morgan fingerprint density at radius 3 is 2.20 bits per heavy atom. The second-order valence-corrected chi connectivity index (χ2v) is 13.8. The smallest absolute Gasteiger partial charge is 0.263 e. The van der Waals surface area contributed by atoms with E-state index >= 15 is 0 Å². The third-order valence-electron chi connectivity index (χ3n) is 4.67. The van der Waals surface area contributed by atoms with E-state index in [4.69, 9.17) is 12.2 Å². The number of nitrogens with zero attached hydrogens (tertiary/aromatic N) is 1. The molecule has 0 spiro atoms. The number of thiocarbonyl (C=S) groups is 1. The summed E-state index contributed by atoms with van der Waals surface area (Å²) in [4.78, 5) is 14.7. The molecule has 1 fully saturated rings. The molecule has 1 amide bonds. The van der Waals surface area contributed by atoms with E-state index in [0.717, 1.165) is 15.6 Å². The van der Waals surface area contributed by atoms with E-state index in [1.54, 1.807) is 7.05 Å². The lowest BCUT2D eigenvalue weighted by Crippen LogP contribution is -2.45. The Hall–Kier alpha value is -1.50. The van der Waals surface area contributed by atoms with E-state index in [0.29, 0.717) is 5.11 Å². The summed E-state index contributed by atoms with van der Waals surface area (Å²) in [6.45, 7) is 6.94. The van der Waals surface area contributed by atoms with Gasteiger partial charge in [-0.05, 0) is 35.5 Å². The summed E-state index contributed by atoms with van der Waals surface area (Å²) in [5.41, 5.74) is 0.803. The lowest BCUT2D eigenvalue weighted by molar-refractivity contribution is -0.129. The number of likely N-dealkylation sites (N-methyl/N-ethyl adjacent to an activating group) is 1. The number of halogens is 1. The summed E-state index contributed by atoms with van der Waals surface area (Å²) in [6, 6.07) is 16.2. The second-order valence-electron chi connectivity index (χ2n) is 7.38. The fourth-order valence-electron chi connectivity index (χ4n) is 3.14. The molecule has 1 unspecified atom stereocenters. The zero-order valence-electron chi connectivity index (χ0n) is 14.8. The number of nitrogens with one attached hydrogen (secondary N) is 1. The molecular formula is C19H21BrN2OSSi. The van der Waals surface area contributed by atoms with Crippen LogP contribution in [0.15, 0.2) is 53.0 Å². The predicted molar refractivity (Wildman–Crippen MR) is 113 cm³/mol. The molecule has 2 aromatic rings. The Bertz CT molecular complexity index is 847. The molecule has 0 aliphatic carbocycles. The van der Waals surface area contributed by atoms with Gasteiger partial charge in [0.2, 0.25) is 0 Å². The first-order valence-corrected chi connectivity index (χ1v) is 12.8. The van der Waals surface area contributed by atoms with Crippen LogP contribution >= 0.6 is 28.1 Å². The fourth-order valence-corrected chi connectivity index (χ4v) is 4.94. The third kappa shape index (κ3) is 3.07. The van der Waals surface area contributed by atoms with Crippen LogP contribution in [-0.4, -0.2) is 31.0 Å². The van der Waals surface area contributed by atoms with E-state index in [2.05, 4.69) is 65.2 Å². The van der Waals surface area contributed by atoms with Crippen molar-refractivity contribution in [3.05, 3.63) is 64.1 Å². The summed E-state index contributed by atoms with van der Waals surface area (Å²) in [5, 5.41) is 5.09. The topological polar surface area (TPSA) is 32.3 Å². The van der Waals surface area contributed by atoms with Gasteiger partial charge in [0, 0.05) is 11.5 Å². The molecular weight excluding hydrogens is 412 g/mol. The normalized spacial score (nSPS) is 20.8. The highest BCUT2D eigenvalue weighted by Gasteiger charge is 2.50. The van der Waals surface area contributed by atoms with Crippen molar-refractivity contribution < 1.29 is 4.79 Å². The Balaban J connectivity index is 2.20. The number of amides is 1. The van der Waals surface area contributed by atoms with Gasteiger partial charge in [-0.2, -0.15) is 0 Å². The highest BCUT2D eigenvalue weighted by molar-refractivity contribution is 9.10. The van der Waals surface area contributed by atoms with Crippen molar-refractivity contribution in [2.75, 3.05) is 7.05 Å².